The Labute approximate surface area is 207 Å². The fraction of sp³-hybridized carbons (Fsp3) is 0.545. The first-order valence-electron chi connectivity index (χ1n) is 10.9. The molecule has 4 rings (SSSR count). The molecule has 4 heterocycles. The van der Waals surface area contributed by atoms with E-state index in [1.807, 2.05) is 26.1 Å². The number of carboxylic acids is 2. The minimum Gasteiger partial charge on any atom is -0.475 e. The number of aryl methyl sites for hydroxylation is 2. The molecule has 0 radical (unpaired) electrons. The smallest absolute Gasteiger partial charge is 0.475 e. The number of alkyl halides is 6. The highest BCUT2D eigenvalue weighted by molar-refractivity contribution is 5.73. The number of carbonyl (C=O) groups is 2. The number of aliphatic carboxylic acids is 2. The Balaban J connectivity index is 0.000000286. The molecule has 9 nitrogen and oxygen atoms in total. The van der Waals surface area contributed by atoms with E-state index in [1.165, 1.54) is 37.4 Å². The summed E-state index contributed by atoms with van der Waals surface area (Å²) in [7, 11) is 0. The first kappa shape index (κ1) is 30.0. The van der Waals surface area contributed by atoms with Crippen LogP contribution in [-0.2, 0) is 22.7 Å². The van der Waals surface area contributed by atoms with E-state index >= 15 is 0 Å². The van der Waals surface area contributed by atoms with Crippen molar-refractivity contribution < 1.29 is 50.7 Å². The second-order valence-electron chi connectivity index (χ2n) is 8.64. The summed E-state index contributed by atoms with van der Waals surface area (Å²) < 4.78 is 68.8. The van der Waals surface area contributed by atoms with Crippen molar-refractivity contribution in [1.29, 1.82) is 0 Å². The van der Waals surface area contributed by atoms with Gasteiger partial charge in [-0.05, 0) is 37.8 Å². The van der Waals surface area contributed by atoms with Crippen LogP contribution in [0, 0.1) is 25.7 Å². The predicted octanol–water partition coefficient (Wildman–Crippen LogP) is 3.52. The Morgan fingerprint density at radius 1 is 0.919 bits per heavy atom. The lowest BCUT2D eigenvalue weighted by Crippen LogP contribution is -2.28. The van der Waals surface area contributed by atoms with Gasteiger partial charge in [0.1, 0.15) is 5.76 Å². The zero-order chi connectivity index (χ0) is 28.0. The van der Waals surface area contributed by atoms with Crippen LogP contribution in [0.15, 0.2) is 28.9 Å². The van der Waals surface area contributed by atoms with Crippen molar-refractivity contribution in [3.05, 3.63) is 47.1 Å². The predicted molar refractivity (Wildman–Crippen MR) is 115 cm³/mol. The molecule has 2 aromatic rings. The molecule has 0 spiro atoms. The van der Waals surface area contributed by atoms with Gasteiger partial charge in [-0.25, -0.2) is 9.59 Å². The third kappa shape index (κ3) is 9.31. The van der Waals surface area contributed by atoms with Crippen LogP contribution < -0.4 is 0 Å². The van der Waals surface area contributed by atoms with Gasteiger partial charge in [0.2, 0.25) is 0 Å². The van der Waals surface area contributed by atoms with Crippen molar-refractivity contribution in [2.24, 2.45) is 11.8 Å². The number of hydrogen-bond donors (Lipinski definition) is 2. The molecule has 0 saturated carbocycles. The molecule has 206 valence electrons. The van der Waals surface area contributed by atoms with Crippen LogP contribution in [0.1, 0.15) is 22.7 Å². The van der Waals surface area contributed by atoms with Crippen molar-refractivity contribution in [3.63, 3.8) is 0 Å². The van der Waals surface area contributed by atoms with E-state index < -0.39 is 24.3 Å². The molecule has 0 aliphatic carbocycles. The van der Waals surface area contributed by atoms with Crippen LogP contribution in [0.4, 0.5) is 26.3 Å². The molecule has 15 heteroatoms. The minimum absolute atomic E-state index is 0.791. The van der Waals surface area contributed by atoms with E-state index in [0.717, 1.165) is 36.4 Å². The van der Waals surface area contributed by atoms with Crippen LogP contribution in [0.2, 0.25) is 0 Å². The average Bonchev–Trinajstić information content (AvgIpc) is 3.43. The summed E-state index contributed by atoms with van der Waals surface area (Å²) >= 11 is 0. The van der Waals surface area contributed by atoms with Crippen LogP contribution in [0.25, 0.3) is 0 Å². The Hall–Kier alpha value is -3.20. The number of aromatic nitrogens is 2. The summed E-state index contributed by atoms with van der Waals surface area (Å²) in [6, 6.07) is 6.18. The Morgan fingerprint density at radius 2 is 1.38 bits per heavy atom. The molecule has 0 amide bonds. The van der Waals surface area contributed by atoms with E-state index in [0.29, 0.717) is 0 Å². The first-order chi connectivity index (χ1) is 17.1. The van der Waals surface area contributed by atoms with Gasteiger partial charge in [0.15, 0.2) is 0 Å². The average molecular weight is 540 g/mol. The van der Waals surface area contributed by atoms with Crippen LogP contribution in [-0.4, -0.2) is 80.6 Å². The molecule has 0 aromatic carbocycles. The van der Waals surface area contributed by atoms with Crippen molar-refractivity contribution >= 4 is 11.9 Å². The molecule has 0 bridgehead atoms. The summed E-state index contributed by atoms with van der Waals surface area (Å²) in [5, 5.41) is 18.3. The molecular formula is C22H26F6N4O5. The highest BCUT2D eigenvalue weighted by atomic mass is 19.4. The third-order valence-corrected chi connectivity index (χ3v) is 5.80. The number of nitrogens with zero attached hydrogens (tertiary/aromatic N) is 4. The normalized spacial score (nSPS) is 19.9. The Morgan fingerprint density at radius 3 is 1.73 bits per heavy atom. The fourth-order valence-electron chi connectivity index (χ4n) is 4.12. The van der Waals surface area contributed by atoms with Crippen LogP contribution >= 0.6 is 0 Å². The van der Waals surface area contributed by atoms with Gasteiger partial charge in [-0.3, -0.25) is 14.8 Å². The van der Waals surface area contributed by atoms with Crippen LogP contribution in [0.5, 0.6) is 0 Å². The Kier molecular flexibility index (Phi) is 10.0. The third-order valence-electron chi connectivity index (χ3n) is 5.80. The molecule has 37 heavy (non-hydrogen) atoms. The number of halogens is 6. The van der Waals surface area contributed by atoms with Gasteiger partial charge in [-0.2, -0.15) is 26.3 Å². The van der Waals surface area contributed by atoms with E-state index in [4.69, 9.17) is 24.3 Å². The molecule has 2 atom stereocenters. The van der Waals surface area contributed by atoms with Gasteiger partial charge < -0.3 is 14.7 Å². The largest absolute Gasteiger partial charge is 0.490 e. The van der Waals surface area contributed by atoms with Gasteiger partial charge in [0, 0.05) is 51.0 Å². The van der Waals surface area contributed by atoms with E-state index in [1.54, 1.807) is 0 Å². The zero-order valence-electron chi connectivity index (χ0n) is 19.9. The molecule has 2 aromatic heterocycles. The number of carboxylic acid groups (broad SMARTS) is 2. The maximum Gasteiger partial charge on any atom is 0.490 e. The highest BCUT2D eigenvalue weighted by Crippen LogP contribution is 2.33. The second-order valence-corrected chi connectivity index (χ2v) is 8.64. The SMILES string of the molecule is Cc1noc(C)c1CN1CC2CN(Cc3ccccn3)CC2C1.O=C(O)C(F)(F)F.O=C(O)C(F)(F)F. The molecule has 2 N–H and O–H groups in total. The maximum atomic E-state index is 10.6. The van der Waals surface area contributed by atoms with Crippen molar-refractivity contribution in [3.8, 4) is 0 Å². The molecule has 2 saturated heterocycles. The molecule has 2 aliphatic heterocycles. The summed E-state index contributed by atoms with van der Waals surface area (Å²) in [6.45, 7) is 10.8. The first-order valence-corrected chi connectivity index (χ1v) is 10.9. The van der Waals surface area contributed by atoms with Crippen molar-refractivity contribution in [2.45, 2.75) is 39.3 Å². The lowest BCUT2D eigenvalue weighted by Gasteiger charge is -2.21. The molecular weight excluding hydrogens is 514 g/mol. The van der Waals surface area contributed by atoms with Gasteiger partial charge in [0.25, 0.3) is 0 Å². The van der Waals surface area contributed by atoms with E-state index in [-0.39, 0.29) is 0 Å². The number of hydrogen-bond acceptors (Lipinski definition) is 7. The van der Waals surface area contributed by atoms with Gasteiger partial charge in [-0.15, -0.1) is 0 Å². The summed E-state index contributed by atoms with van der Waals surface area (Å²) in [6.07, 6.45) is -8.28. The van der Waals surface area contributed by atoms with Crippen LogP contribution in [0.3, 0.4) is 0 Å². The maximum absolute atomic E-state index is 10.6. The highest BCUT2D eigenvalue weighted by Gasteiger charge is 2.40. The molecule has 2 fully saturated rings. The van der Waals surface area contributed by atoms with Gasteiger partial charge >= 0.3 is 24.3 Å². The topological polar surface area (TPSA) is 120 Å². The fourth-order valence-corrected chi connectivity index (χ4v) is 4.12. The summed E-state index contributed by atoms with van der Waals surface area (Å²) in [4.78, 5) is 27.4. The van der Waals surface area contributed by atoms with E-state index in [9.17, 15) is 26.3 Å². The lowest BCUT2D eigenvalue weighted by atomic mass is 10.0. The summed E-state index contributed by atoms with van der Waals surface area (Å²) in [5.74, 6) is -2.96. The quantitative estimate of drug-likeness (QED) is 0.562. The van der Waals surface area contributed by atoms with Gasteiger partial charge in [-0.1, -0.05) is 11.2 Å². The zero-order valence-corrected chi connectivity index (χ0v) is 19.9. The number of pyridine rings is 1. The Bertz CT molecular complexity index is 987. The monoisotopic (exact) mass is 540 g/mol. The standard InChI is InChI=1S/C18H24N4O.2C2HF3O2/c1-13-18(14(2)23-20-13)12-22-9-15-7-21(8-16(15)10-22)11-17-5-3-4-6-19-17;2*3-2(4,5)1(6)7/h3-6,15-16H,7-12H2,1-2H3;2*(H,6,7). The number of fused-ring (bicyclic) bond motifs is 1. The van der Waals surface area contributed by atoms with E-state index in [2.05, 4.69) is 32.1 Å². The number of likely N-dealkylation sites (tertiary alicyclic amines) is 2. The van der Waals surface area contributed by atoms with Crippen molar-refractivity contribution in [2.75, 3.05) is 26.2 Å². The molecule has 2 unspecified atom stereocenters. The number of rotatable bonds is 4. The second kappa shape index (κ2) is 12.4. The molecule has 2 aliphatic rings. The van der Waals surface area contributed by atoms with Gasteiger partial charge in [0.05, 0.1) is 11.4 Å². The lowest BCUT2D eigenvalue weighted by molar-refractivity contribution is -0.193. The van der Waals surface area contributed by atoms with Crippen molar-refractivity contribution in [1.82, 2.24) is 19.9 Å². The minimum atomic E-state index is -5.08. The summed E-state index contributed by atoms with van der Waals surface area (Å²) in [5.41, 5.74) is 3.49.